The highest BCUT2D eigenvalue weighted by atomic mass is 14.9. The molecule has 9 rings (SSSR count). The van der Waals surface area contributed by atoms with E-state index >= 15 is 0 Å². The first-order valence-corrected chi connectivity index (χ1v) is 17.9. The van der Waals surface area contributed by atoms with Crippen LogP contribution < -0.4 is 0 Å². The van der Waals surface area contributed by atoms with Crippen LogP contribution in [0.5, 0.6) is 0 Å². The predicted octanol–water partition coefficient (Wildman–Crippen LogP) is 12.0. The lowest BCUT2D eigenvalue weighted by Crippen LogP contribution is -1.96. The van der Waals surface area contributed by atoms with E-state index in [1.807, 2.05) is 97.3 Å². The Morgan fingerprint density at radius 2 is 0.704 bits per heavy atom. The minimum Gasteiger partial charge on any atom is -0.255 e. The number of hydrogen-bond donors (Lipinski definition) is 0. The molecule has 5 aromatic carbocycles. The van der Waals surface area contributed by atoms with E-state index in [0.717, 1.165) is 84.2 Å². The smallest absolute Gasteiger partial charge is 0.160 e. The molecule has 0 saturated carbocycles. The molecule has 9 aromatic rings. The summed E-state index contributed by atoms with van der Waals surface area (Å²) in [5.74, 6) is 0.698. The highest BCUT2D eigenvalue weighted by Gasteiger charge is 2.14. The van der Waals surface area contributed by atoms with Crippen molar-refractivity contribution in [1.29, 1.82) is 0 Å². The largest absolute Gasteiger partial charge is 0.255 e. The fourth-order valence-corrected chi connectivity index (χ4v) is 6.59. The van der Waals surface area contributed by atoms with Gasteiger partial charge in [0, 0.05) is 34.6 Å². The van der Waals surface area contributed by atoms with Gasteiger partial charge in [-0.2, -0.15) is 0 Å². The zero-order valence-corrected chi connectivity index (χ0v) is 29.3. The van der Waals surface area contributed by atoms with Gasteiger partial charge in [0.2, 0.25) is 0 Å². The van der Waals surface area contributed by atoms with Crippen LogP contribution in [0.3, 0.4) is 0 Å². The Morgan fingerprint density at radius 1 is 0.241 bits per heavy atom. The van der Waals surface area contributed by atoms with E-state index in [1.54, 1.807) is 0 Å². The van der Waals surface area contributed by atoms with Crippen LogP contribution in [0.2, 0.25) is 0 Å². The zero-order valence-electron chi connectivity index (χ0n) is 29.3. The minimum absolute atomic E-state index is 0.698. The van der Waals surface area contributed by atoms with E-state index in [9.17, 15) is 0 Å². The van der Waals surface area contributed by atoms with Crippen molar-refractivity contribution in [2.45, 2.75) is 0 Å². The predicted molar refractivity (Wildman–Crippen MR) is 219 cm³/mol. The Balaban J connectivity index is 1.04. The molecule has 0 aliphatic carbocycles. The molecule has 5 heteroatoms. The maximum absolute atomic E-state index is 5.10. The molecule has 0 spiro atoms. The average Bonchev–Trinajstić information content (AvgIpc) is 3.27. The second-order valence-corrected chi connectivity index (χ2v) is 13.0. The SMILES string of the molecule is c1ccc(-c2ccnc(-c3cc(-c4ccccc4)cc(-c4ccc(-c5ccc(-c6cc(-c7ccccc7)nc(-c7ccccc7)n6)cc5)cn4)n3)c2)cc1. The lowest BCUT2D eigenvalue weighted by Gasteiger charge is -2.11. The van der Waals surface area contributed by atoms with Crippen molar-refractivity contribution in [1.82, 2.24) is 24.9 Å². The number of rotatable bonds is 8. The van der Waals surface area contributed by atoms with Gasteiger partial charge in [0.05, 0.1) is 34.2 Å². The van der Waals surface area contributed by atoms with E-state index in [2.05, 4.69) is 103 Å². The zero-order chi connectivity index (χ0) is 36.1. The summed E-state index contributed by atoms with van der Waals surface area (Å²) in [5, 5.41) is 0. The maximum atomic E-state index is 5.10. The highest BCUT2D eigenvalue weighted by Crippen LogP contribution is 2.33. The third-order valence-corrected chi connectivity index (χ3v) is 9.43. The van der Waals surface area contributed by atoms with Crippen molar-refractivity contribution in [3.8, 4) is 90.1 Å². The summed E-state index contributed by atoms with van der Waals surface area (Å²) in [5.41, 5.74) is 14.4. The average molecular weight is 692 g/mol. The van der Waals surface area contributed by atoms with E-state index in [1.165, 1.54) is 0 Å². The third kappa shape index (κ3) is 6.94. The molecule has 0 saturated heterocycles. The van der Waals surface area contributed by atoms with Gasteiger partial charge in [-0.05, 0) is 64.2 Å². The third-order valence-electron chi connectivity index (χ3n) is 9.43. The Morgan fingerprint density at radius 3 is 1.30 bits per heavy atom. The minimum atomic E-state index is 0.698. The molecule has 254 valence electrons. The monoisotopic (exact) mass is 691 g/mol. The van der Waals surface area contributed by atoms with Crippen LogP contribution in [0.1, 0.15) is 0 Å². The summed E-state index contributed by atoms with van der Waals surface area (Å²) < 4.78 is 0. The van der Waals surface area contributed by atoms with E-state index < -0.39 is 0 Å². The van der Waals surface area contributed by atoms with Crippen molar-refractivity contribution in [3.63, 3.8) is 0 Å². The number of benzene rings is 5. The molecule has 0 fully saturated rings. The Hall–Kier alpha value is -7.37. The van der Waals surface area contributed by atoms with Crippen molar-refractivity contribution < 1.29 is 0 Å². The lowest BCUT2D eigenvalue weighted by molar-refractivity contribution is 1.18. The number of aromatic nitrogens is 5. The van der Waals surface area contributed by atoms with Gasteiger partial charge in [-0.1, -0.05) is 152 Å². The highest BCUT2D eigenvalue weighted by molar-refractivity contribution is 5.78. The Kier molecular flexibility index (Phi) is 8.86. The standard InChI is InChI=1S/C49H33N5/c1-5-13-34(14-6-1)40-27-28-50-46(29-40)48-31-42(35-15-7-2-8-16-35)30-47(52-48)43-26-25-41(33-51-43)36-21-23-38(24-22-36)45-32-44(37-17-9-3-10-18-37)53-49(54-45)39-19-11-4-12-20-39/h1-33H. The molecule has 0 bridgehead atoms. The molecule has 5 nitrogen and oxygen atoms in total. The summed E-state index contributed by atoms with van der Waals surface area (Å²) in [6.07, 6.45) is 3.77. The molecule has 0 aliphatic rings. The van der Waals surface area contributed by atoms with E-state index in [-0.39, 0.29) is 0 Å². The van der Waals surface area contributed by atoms with Crippen LogP contribution >= 0.6 is 0 Å². The van der Waals surface area contributed by atoms with Crippen LogP contribution in [0.15, 0.2) is 200 Å². The van der Waals surface area contributed by atoms with Crippen LogP contribution in [0, 0.1) is 0 Å². The van der Waals surface area contributed by atoms with Gasteiger partial charge in [-0.25, -0.2) is 15.0 Å². The second kappa shape index (κ2) is 14.7. The summed E-state index contributed by atoms with van der Waals surface area (Å²) in [7, 11) is 0. The van der Waals surface area contributed by atoms with Crippen LogP contribution in [-0.4, -0.2) is 24.9 Å². The number of hydrogen-bond acceptors (Lipinski definition) is 5. The number of nitrogens with zero attached hydrogens (tertiary/aromatic N) is 5. The molecule has 0 radical (unpaired) electrons. The second-order valence-electron chi connectivity index (χ2n) is 13.0. The first-order chi connectivity index (χ1) is 26.7. The topological polar surface area (TPSA) is 64.5 Å². The first-order valence-electron chi connectivity index (χ1n) is 17.9. The van der Waals surface area contributed by atoms with Crippen molar-refractivity contribution in [2.75, 3.05) is 0 Å². The van der Waals surface area contributed by atoms with Crippen molar-refractivity contribution >= 4 is 0 Å². The summed E-state index contributed by atoms with van der Waals surface area (Å²) in [6, 6.07) is 64.1. The molecule has 4 aromatic heterocycles. The normalized spacial score (nSPS) is 11.0. The van der Waals surface area contributed by atoms with Gasteiger partial charge >= 0.3 is 0 Å². The molecule has 54 heavy (non-hydrogen) atoms. The van der Waals surface area contributed by atoms with Gasteiger partial charge in [0.15, 0.2) is 5.82 Å². The van der Waals surface area contributed by atoms with E-state index in [0.29, 0.717) is 5.82 Å². The number of pyridine rings is 3. The molecular formula is C49H33N5. The van der Waals surface area contributed by atoms with Crippen LogP contribution in [0.4, 0.5) is 0 Å². The van der Waals surface area contributed by atoms with Crippen molar-refractivity contribution in [3.05, 3.63) is 200 Å². The summed E-state index contributed by atoms with van der Waals surface area (Å²) in [4.78, 5) is 24.7. The van der Waals surface area contributed by atoms with Gasteiger partial charge in [-0.15, -0.1) is 0 Å². The molecule has 0 N–H and O–H groups in total. The molecule has 0 aliphatic heterocycles. The van der Waals surface area contributed by atoms with E-state index in [4.69, 9.17) is 24.9 Å². The quantitative estimate of drug-likeness (QED) is 0.159. The van der Waals surface area contributed by atoms with Crippen molar-refractivity contribution in [2.24, 2.45) is 0 Å². The van der Waals surface area contributed by atoms with Gasteiger partial charge in [0.1, 0.15) is 0 Å². The molecule has 4 heterocycles. The fraction of sp³-hybridized carbons (Fsp3) is 0. The Bertz CT molecular complexity index is 2610. The molecular weight excluding hydrogens is 659 g/mol. The van der Waals surface area contributed by atoms with Crippen LogP contribution in [-0.2, 0) is 0 Å². The summed E-state index contributed by atoms with van der Waals surface area (Å²) >= 11 is 0. The van der Waals surface area contributed by atoms with Gasteiger partial charge in [-0.3, -0.25) is 9.97 Å². The van der Waals surface area contributed by atoms with Gasteiger partial charge < -0.3 is 0 Å². The first kappa shape index (κ1) is 32.5. The Labute approximate surface area is 314 Å². The van der Waals surface area contributed by atoms with Gasteiger partial charge in [0.25, 0.3) is 0 Å². The summed E-state index contributed by atoms with van der Waals surface area (Å²) in [6.45, 7) is 0. The molecule has 0 unspecified atom stereocenters. The lowest BCUT2D eigenvalue weighted by atomic mass is 10.0. The fourth-order valence-electron chi connectivity index (χ4n) is 6.59. The maximum Gasteiger partial charge on any atom is 0.160 e. The molecule has 0 atom stereocenters. The molecule has 0 amide bonds. The van der Waals surface area contributed by atoms with Crippen LogP contribution in [0.25, 0.3) is 90.1 Å².